The third kappa shape index (κ3) is 3.18. The number of pyridine rings is 1. The van der Waals surface area contributed by atoms with Gasteiger partial charge in [0.05, 0.1) is 10.6 Å². The fourth-order valence-electron chi connectivity index (χ4n) is 2.64. The molecule has 19 heavy (non-hydrogen) atoms. The average molecular weight is 283 g/mol. The maximum Gasteiger partial charge on any atom is 0.337 e. The molecule has 0 radical (unpaired) electrons. The van der Waals surface area contributed by atoms with E-state index in [2.05, 4.69) is 16.8 Å². The predicted molar refractivity (Wildman–Crippen MR) is 76.1 cm³/mol. The fraction of sp³-hybridized carbons (Fsp3) is 0.571. The number of carbonyl (C=O) groups is 1. The van der Waals surface area contributed by atoms with Crippen LogP contribution in [-0.4, -0.2) is 28.6 Å². The van der Waals surface area contributed by atoms with Gasteiger partial charge in [-0.1, -0.05) is 31.4 Å². The molecule has 1 aliphatic rings. The van der Waals surface area contributed by atoms with Crippen molar-refractivity contribution in [3.8, 4) is 0 Å². The summed E-state index contributed by atoms with van der Waals surface area (Å²) in [4.78, 5) is 17.4. The number of rotatable bonds is 3. The summed E-state index contributed by atoms with van der Waals surface area (Å²) in [6.45, 7) is 3.11. The van der Waals surface area contributed by atoms with E-state index in [1.165, 1.54) is 25.1 Å². The van der Waals surface area contributed by atoms with Crippen LogP contribution in [0, 0.1) is 0 Å². The van der Waals surface area contributed by atoms with Crippen LogP contribution in [0.4, 0.5) is 5.82 Å². The lowest BCUT2D eigenvalue weighted by atomic mass is 10.1. The van der Waals surface area contributed by atoms with E-state index in [1.54, 1.807) is 0 Å². The number of aromatic carboxylic acids is 1. The van der Waals surface area contributed by atoms with Crippen molar-refractivity contribution < 1.29 is 9.90 Å². The van der Waals surface area contributed by atoms with Crippen molar-refractivity contribution in [1.29, 1.82) is 0 Å². The van der Waals surface area contributed by atoms with E-state index in [0.29, 0.717) is 11.1 Å². The van der Waals surface area contributed by atoms with Crippen LogP contribution in [0.15, 0.2) is 12.3 Å². The molecule has 1 N–H and O–H groups in total. The minimum absolute atomic E-state index is 0.136. The Morgan fingerprint density at radius 2 is 2.32 bits per heavy atom. The van der Waals surface area contributed by atoms with Crippen LogP contribution < -0.4 is 4.90 Å². The summed E-state index contributed by atoms with van der Waals surface area (Å²) in [5.41, 5.74) is 0.136. The summed E-state index contributed by atoms with van der Waals surface area (Å²) in [6, 6.07) is 1.94. The largest absolute Gasteiger partial charge is 0.478 e. The minimum Gasteiger partial charge on any atom is -0.478 e. The van der Waals surface area contributed by atoms with Crippen LogP contribution in [0.2, 0.25) is 5.02 Å². The van der Waals surface area contributed by atoms with E-state index in [4.69, 9.17) is 16.7 Å². The summed E-state index contributed by atoms with van der Waals surface area (Å²) in [6.07, 6.45) is 7.20. The van der Waals surface area contributed by atoms with Gasteiger partial charge in [0.1, 0.15) is 5.82 Å². The molecule has 0 spiro atoms. The second-order valence-electron chi connectivity index (χ2n) is 4.94. The molecule has 0 aliphatic carbocycles. The molecule has 1 aromatic heterocycles. The fourth-order valence-corrected chi connectivity index (χ4v) is 2.91. The maximum absolute atomic E-state index is 10.9. The number of carboxylic acid groups (broad SMARTS) is 1. The highest BCUT2D eigenvalue weighted by molar-refractivity contribution is 6.33. The van der Waals surface area contributed by atoms with E-state index < -0.39 is 5.97 Å². The third-order valence-corrected chi connectivity index (χ3v) is 3.97. The molecule has 0 aromatic carbocycles. The summed E-state index contributed by atoms with van der Waals surface area (Å²) >= 11 is 6.21. The summed E-state index contributed by atoms with van der Waals surface area (Å²) in [5, 5.41) is 9.37. The summed E-state index contributed by atoms with van der Waals surface area (Å²) in [7, 11) is 0. The molecule has 1 aromatic rings. The van der Waals surface area contributed by atoms with Crippen LogP contribution >= 0.6 is 11.6 Å². The molecule has 4 nitrogen and oxygen atoms in total. The van der Waals surface area contributed by atoms with Crippen molar-refractivity contribution in [2.24, 2.45) is 0 Å². The van der Waals surface area contributed by atoms with Crippen molar-refractivity contribution in [3.63, 3.8) is 0 Å². The molecule has 2 rings (SSSR count). The number of nitrogens with zero attached hydrogens (tertiary/aromatic N) is 2. The van der Waals surface area contributed by atoms with Crippen molar-refractivity contribution in [2.75, 3.05) is 11.4 Å². The Kier molecular flexibility index (Phi) is 4.64. The number of hydrogen-bond acceptors (Lipinski definition) is 3. The standard InChI is InChI=1S/C14H19ClN2O2/c1-2-11-6-4-3-5-7-17(11)13-12(15)8-10(9-16-13)14(18)19/h8-9,11H,2-7H2,1H3,(H,18,19). The Bertz CT molecular complexity index is 465. The van der Waals surface area contributed by atoms with E-state index in [-0.39, 0.29) is 5.56 Å². The molecule has 0 amide bonds. The Labute approximate surface area is 118 Å². The SMILES string of the molecule is CCC1CCCCCN1c1ncc(C(=O)O)cc1Cl. The van der Waals surface area contributed by atoms with Gasteiger partial charge >= 0.3 is 5.97 Å². The molecule has 1 saturated heterocycles. The third-order valence-electron chi connectivity index (χ3n) is 3.69. The van der Waals surface area contributed by atoms with Crippen molar-refractivity contribution >= 4 is 23.4 Å². The van der Waals surface area contributed by atoms with Crippen LogP contribution in [0.1, 0.15) is 49.4 Å². The van der Waals surface area contributed by atoms with E-state index in [0.717, 1.165) is 31.6 Å². The van der Waals surface area contributed by atoms with E-state index in [1.807, 2.05) is 0 Å². The second kappa shape index (κ2) is 6.24. The van der Waals surface area contributed by atoms with E-state index in [9.17, 15) is 4.79 Å². The molecule has 5 heteroatoms. The lowest BCUT2D eigenvalue weighted by Crippen LogP contribution is -2.35. The molecule has 2 heterocycles. The highest BCUT2D eigenvalue weighted by Gasteiger charge is 2.23. The molecular formula is C14H19ClN2O2. The van der Waals surface area contributed by atoms with Gasteiger partial charge in [-0.25, -0.2) is 9.78 Å². The zero-order valence-corrected chi connectivity index (χ0v) is 11.9. The van der Waals surface area contributed by atoms with E-state index >= 15 is 0 Å². The van der Waals surface area contributed by atoms with Crippen molar-refractivity contribution in [2.45, 2.75) is 45.1 Å². The highest BCUT2D eigenvalue weighted by Crippen LogP contribution is 2.30. The van der Waals surface area contributed by atoms with Gasteiger partial charge in [-0.2, -0.15) is 0 Å². The zero-order valence-electron chi connectivity index (χ0n) is 11.1. The quantitative estimate of drug-likeness (QED) is 0.920. The first-order chi connectivity index (χ1) is 9.13. The highest BCUT2D eigenvalue weighted by atomic mass is 35.5. The first-order valence-electron chi connectivity index (χ1n) is 6.79. The Morgan fingerprint density at radius 3 is 2.95 bits per heavy atom. The van der Waals surface area contributed by atoms with Crippen molar-refractivity contribution in [1.82, 2.24) is 4.98 Å². The number of carboxylic acids is 1. The van der Waals surface area contributed by atoms with Gasteiger partial charge in [0.25, 0.3) is 0 Å². The molecule has 1 aliphatic heterocycles. The second-order valence-corrected chi connectivity index (χ2v) is 5.35. The van der Waals surface area contributed by atoms with Gasteiger partial charge in [-0.3, -0.25) is 0 Å². The maximum atomic E-state index is 10.9. The van der Waals surface area contributed by atoms with Gasteiger partial charge in [-0.15, -0.1) is 0 Å². The summed E-state index contributed by atoms with van der Waals surface area (Å²) in [5.74, 6) is -0.274. The van der Waals surface area contributed by atoms with Gasteiger partial charge in [-0.05, 0) is 25.3 Å². The van der Waals surface area contributed by atoms with Gasteiger partial charge < -0.3 is 10.0 Å². The smallest absolute Gasteiger partial charge is 0.337 e. The Hall–Kier alpha value is -1.29. The molecule has 0 bridgehead atoms. The van der Waals surface area contributed by atoms with Gasteiger partial charge in [0, 0.05) is 18.8 Å². The lowest BCUT2D eigenvalue weighted by Gasteiger charge is -2.31. The number of anilines is 1. The van der Waals surface area contributed by atoms with Crippen LogP contribution in [0.3, 0.4) is 0 Å². The molecule has 0 saturated carbocycles. The summed E-state index contributed by atoms with van der Waals surface area (Å²) < 4.78 is 0. The average Bonchev–Trinajstić information content (AvgIpc) is 2.63. The molecule has 1 fully saturated rings. The van der Waals surface area contributed by atoms with Crippen LogP contribution in [-0.2, 0) is 0 Å². The Morgan fingerprint density at radius 1 is 1.53 bits per heavy atom. The van der Waals surface area contributed by atoms with Gasteiger partial charge in [0.15, 0.2) is 0 Å². The van der Waals surface area contributed by atoms with Crippen LogP contribution in [0.5, 0.6) is 0 Å². The minimum atomic E-state index is -0.996. The number of halogens is 1. The molecule has 104 valence electrons. The normalized spacial score (nSPS) is 20.1. The number of aromatic nitrogens is 1. The van der Waals surface area contributed by atoms with Gasteiger partial charge in [0.2, 0.25) is 0 Å². The molecule has 1 unspecified atom stereocenters. The first-order valence-corrected chi connectivity index (χ1v) is 7.16. The topological polar surface area (TPSA) is 53.4 Å². The monoisotopic (exact) mass is 282 g/mol. The van der Waals surface area contributed by atoms with Crippen molar-refractivity contribution in [3.05, 3.63) is 22.8 Å². The first kappa shape index (κ1) is 14.1. The number of hydrogen-bond donors (Lipinski definition) is 1. The Balaban J connectivity index is 2.30. The lowest BCUT2D eigenvalue weighted by molar-refractivity contribution is 0.0696. The zero-order chi connectivity index (χ0) is 13.8. The molecule has 1 atom stereocenters. The predicted octanol–water partition coefficient (Wildman–Crippen LogP) is 3.59. The van der Waals surface area contributed by atoms with Crippen LogP contribution in [0.25, 0.3) is 0 Å². The molecular weight excluding hydrogens is 264 g/mol.